The Morgan fingerprint density at radius 2 is 2.00 bits per heavy atom. The fourth-order valence-corrected chi connectivity index (χ4v) is 5.89. The molecule has 1 amide bonds. The van der Waals surface area contributed by atoms with E-state index in [0.717, 1.165) is 0 Å². The van der Waals surface area contributed by atoms with Crippen LogP contribution in [0.4, 0.5) is 4.39 Å². The number of sulfonamides is 1. The smallest absolute Gasteiger partial charge is 0.233 e. The van der Waals surface area contributed by atoms with E-state index >= 15 is 0 Å². The van der Waals surface area contributed by atoms with Gasteiger partial charge in [0.1, 0.15) is 23.5 Å². The average molecular weight is 545 g/mol. The first kappa shape index (κ1) is 25.5. The SMILES string of the molecule is O=CN(O)C(CCCc1ncccn1)CS(=O)(=O)N1CCC(Oc2ccc(F)cc2Br)CC1. The molecule has 3 rings (SSSR count). The third-order valence-corrected chi connectivity index (χ3v) is 8.00. The second-order valence-corrected chi connectivity index (χ2v) is 10.6. The van der Waals surface area contributed by atoms with Crippen molar-refractivity contribution in [2.45, 2.75) is 44.2 Å². The first-order valence-corrected chi connectivity index (χ1v) is 13.0. The van der Waals surface area contributed by atoms with Gasteiger partial charge in [0.05, 0.1) is 16.3 Å². The molecular weight excluding hydrogens is 519 g/mol. The van der Waals surface area contributed by atoms with Gasteiger partial charge < -0.3 is 4.74 Å². The van der Waals surface area contributed by atoms with Crippen molar-refractivity contribution >= 4 is 32.4 Å². The van der Waals surface area contributed by atoms with Crippen LogP contribution in [0.5, 0.6) is 5.75 Å². The van der Waals surface area contributed by atoms with Crippen molar-refractivity contribution in [1.82, 2.24) is 19.3 Å². The van der Waals surface area contributed by atoms with E-state index in [1.165, 1.54) is 22.5 Å². The number of ether oxygens (including phenoxy) is 1. The van der Waals surface area contributed by atoms with Crippen LogP contribution in [0.3, 0.4) is 0 Å². The first-order valence-electron chi connectivity index (χ1n) is 10.6. The minimum absolute atomic E-state index is 0.204. The number of amides is 1. The maximum atomic E-state index is 13.3. The predicted molar refractivity (Wildman–Crippen MR) is 122 cm³/mol. The van der Waals surface area contributed by atoms with Gasteiger partial charge >= 0.3 is 0 Å². The summed E-state index contributed by atoms with van der Waals surface area (Å²) in [5.74, 6) is 0.355. The van der Waals surface area contributed by atoms with Crippen molar-refractivity contribution < 1.29 is 27.5 Å². The molecule has 12 heteroatoms. The van der Waals surface area contributed by atoms with Gasteiger partial charge in [-0.1, -0.05) is 0 Å². The number of hydrogen-bond donors (Lipinski definition) is 1. The molecule has 2 aromatic rings. The van der Waals surface area contributed by atoms with E-state index in [2.05, 4.69) is 25.9 Å². The van der Waals surface area contributed by atoms with Gasteiger partial charge in [0.25, 0.3) is 0 Å². The lowest BCUT2D eigenvalue weighted by atomic mass is 10.1. The highest BCUT2D eigenvalue weighted by Gasteiger charge is 2.32. The molecule has 0 spiro atoms. The van der Waals surface area contributed by atoms with Crippen molar-refractivity contribution in [3.8, 4) is 5.75 Å². The molecule has 9 nitrogen and oxygen atoms in total. The van der Waals surface area contributed by atoms with E-state index in [9.17, 15) is 22.8 Å². The minimum Gasteiger partial charge on any atom is -0.489 e. The summed E-state index contributed by atoms with van der Waals surface area (Å²) >= 11 is 3.26. The maximum absolute atomic E-state index is 13.3. The van der Waals surface area contributed by atoms with Gasteiger partial charge in [-0.15, -0.1) is 0 Å². The molecule has 1 aliphatic heterocycles. The van der Waals surface area contributed by atoms with E-state index in [4.69, 9.17) is 4.74 Å². The predicted octanol–water partition coefficient (Wildman–Crippen LogP) is 2.79. The second-order valence-electron chi connectivity index (χ2n) is 7.77. The maximum Gasteiger partial charge on any atom is 0.233 e. The molecule has 0 saturated carbocycles. The van der Waals surface area contributed by atoms with Crippen LogP contribution in [0.25, 0.3) is 0 Å². The Bertz CT molecular complexity index is 1020. The molecule has 1 aliphatic rings. The van der Waals surface area contributed by atoms with Gasteiger partial charge in [-0.25, -0.2) is 32.1 Å². The third-order valence-electron chi connectivity index (χ3n) is 5.42. The van der Waals surface area contributed by atoms with Crippen LogP contribution in [-0.2, 0) is 21.2 Å². The van der Waals surface area contributed by atoms with Gasteiger partial charge in [0.2, 0.25) is 16.4 Å². The van der Waals surface area contributed by atoms with E-state index < -0.39 is 16.1 Å². The highest BCUT2D eigenvalue weighted by molar-refractivity contribution is 9.10. The Morgan fingerprint density at radius 3 is 2.64 bits per heavy atom. The van der Waals surface area contributed by atoms with Crippen LogP contribution >= 0.6 is 15.9 Å². The molecule has 2 heterocycles. The molecule has 180 valence electrons. The normalized spacial score (nSPS) is 16.3. The second kappa shape index (κ2) is 11.8. The summed E-state index contributed by atoms with van der Waals surface area (Å²) in [5, 5.41) is 10.4. The molecule has 0 radical (unpaired) electrons. The van der Waals surface area contributed by atoms with Gasteiger partial charge in [-0.3, -0.25) is 10.0 Å². The average Bonchev–Trinajstić information content (AvgIpc) is 2.80. The Kier molecular flexibility index (Phi) is 9.12. The number of benzene rings is 1. The fourth-order valence-electron chi connectivity index (χ4n) is 3.66. The van der Waals surface area contributed by atoms with Crippen LogP contribution in [0, 0.1) is 5.82 Å². The molecule has 1 aromatic heterocycles. The van der Waals surface area contributed by atoms with Gasteiger partial charge in [-0.05, 0) is 65.9 Å². The van der Waals surface area contributed by atoms with Crippen LogP contribution in [0.15, 0.2) is 41.1 Å². The van der Waals surface area contributed by atoms with Crippen molar-refractivity contribution in [2.24, 2.45) is 0 Å². The number of piperidine rings is 1. The van der Waals surface area contributed by atoms with Crippen LogP contribution in [0.2, 0.25) is 0 Å². The Balaban J connectivity index is 1.53. The van der Waals surface area contributed by atoms with E-state index in [0.29, 0.717) is 46.8 Å². The molecule has 1 N–H and O–H groups in total. The number of aryl methyl sites for hydroxylation is 1. The zero-order valence-electron chi connectivity index (χ0n) is 17.9. The van der Waals surface area contributed by atoms with Crippen molar-refractivity contribution in [3.05, 3.63) is 52.8 Å². The lowest BCUT2D eigenvalue weighted by Crippen LogP contribution is -2.47. The number of nitrogens with zero attached hydrogens (tertiary/aromatic N) is 4. The Hall–Kier alpha value is -2.15. The summed E-state index contributed by atoms with van der Waals surface area (Å²) in [4.78, 5) is 19.3. The summed E-state index contributed by atoms with van der Waals surface area (Å²) in [6.45, 7) is 0.506. The summed E-state index contributed by atoms with van der Waals surface area (Å²) in [6.07, 6.45) is 5.50. The lowest BCUT2D eigenvalue weighted by molar-refractivity contribution is -0.158. The fraction of sp³-hybridized carbons (Fsp3) is 0.476. The first-order chi connectivity index (χ1) is 15.8. The molecule has 0 bridgehead atoms. The molecule has 0 aliphatic carbocycles. The number of aromatic nitrogens is 2. The largest absolute Gasteiger partial charge is 0.489 e. The van der Waals surface area contributed by atoms with Crippen LogP contribution < -0.4 is 4.74 Å². The molecule has 1 aromatic carbocycles. The van der Waals surface area contributed by atoms with Gasteiger partial charge in [0, 0.05) is 31.9 Å². The minimum atomic E-state index is -3.72. The molecule has 1 saturated heterocycles. The molecule has 1 fully saturated rings. The summed E-state index contributed by atoms with van der Waals surface area (Å²) < 4.78 is 46.9. The Labute approximate surface area is 200 Å². The number of hydroxylamine groups is 2. The highest BCUT2D eigenvalue weighted by atomic mass is 79.9. The number of halogens is 2. The van der Waals surface area contributed by atoms with E-state index in [-0.39, 0.29) is 43.6 Å². The standard InChI is InChI=1S/C21H26BrFN4O5S/c22-19-13-16(23)5-6-20(19)32-18-7-11-26(12-8-18)33(30,31)14-17(27(29)15-28)3-1-4-21-24-9-2-10-25-21/h2,5-6,9-10,13,15,17-18,29H,1,3-4,7-8,11-12,14H2. The third kappa shape index (κ3) is 7.42. The monoisotopic (exact) mass is 544 g/mol. The highest BCUT2D eigenvalue weighted by Crippen LogP contribution is 2.29. The number of hydrogen-bond acceptors (Lipinski definition) is 7. The zero-order chi connectivity index (χ0) is 23.8. The lowest BCUT2D eigenvalue weighted by Gasteiger charge is -2.33. The van der Waals surface area contributed by atoms with E-state index in [1.807, 2.05) is 0 Å². The summed E-state index contributed by atoms with van der Waals surface area (Å²) in [7, 11) is -3.72. The topological polar surface area (TPSA) is 113 Å². The Morgan fingerprint density at radius 1 is 1.30 bits per heavy atom. The number of carbonyl (C=O) groups excluding carboxylic acids is 1. The summed E-state index contributed by atoms with van der Waals surface area (Å²) in [6, 6.07) is 4.97. The molecular formula is C21H26BrFN4O5S. The van der Waals surface area contributed by atoms with Crippen molar-refractivity contribution in [1.29, 1.82) is 0 Å². The number of carbonyl (C=O) groups is 1. The molecule has 1 unspecified atom stereocenters. The molecule has 1 atom stereocenters. The zero-order valence-corrected chi connectivity index (χ0v) is 20.3. The van der Waals surface area contributed by atoms with Crippen LogP contribution in [0.1, 0.15) is 31.5 Å². The van der Waals surface area contributed by atoms with Crippen molar-refractivity contribution in [3.63, 3.8) is 0 Å². The summed E-state index contributed by atoms with van der Waals surface area (Å²) in [5.41, 5.74) is 0. The number of rotatable bonds is 11. The molecule has 33 heavy (non-hydrogen) atoms. The van der Waals surface area contributed by atoms with Gasteiger partial charge in [0.15, 0.2) is 0 Å². The van der Waals surface area contributed by atoms with E-state index in [1.54, 1.807) is 18.5 Å². The quantitative estimate of drug-likeness (QED) is 0.263. The van der Waals surface area contributed by atoms with Gasteiger partial charge in [-0.2, -0.15) is 0 Å². The van der Waals surface area contributed by atoms with Crippen LogP contribution in [-0.4, -0.2) is 70.4 Å². The van der Waals surface area contributed by atoms with Crippen molar-refractivity contribution in [2.75, 3.05) is 18.8 Å².